The number of hydrogen-bond acceptors (Lipinski definition) is 5. The van der Waals surface area contributed by atoms with Crippen LogP contribution in [0.25, 0.3) is 0 Å². The Morgan fingerprint density at radius 2 is 1.51 bits per heavy atom. The number of hydrogen-bond donors (Lipinski definition) is 2. The quantitative estimate of drug-likeness (QED) is 0.167. The molecule has 4 aromatic carbocycles. The molecular formula is C35H38N2O4. The summed E-state index contributed by atoms with van der Waals surface area (Å²) in [7, 11) is 0. The molecule has 4 rings (SSSR count). The molecule has 0 aromatic heterocycles. The van der Waals surface area contributed by atoms with Gasteiger partial charge in [-0.2, -0.15) is 0 Å². The van der Waals surface area contributed by atoms with Crippen LogP contribution in [0, 0.1) is 12.8 Å². The number of aryl methyl sites for hydroxylation is 1. The Morgan fingerprint density at radius 1 is 0.854 bits per heavy atom. The predicted octanol–water partition coefficient (Wildman–Crippen LogP) is 6.88. The molecule has 0 aliphatic carbocycles. The lowest BCUT2D eigenvalue weighted by molar-refractivity contribution is -0.137. The Kier molecular flexibility index (Phi) is 10.2. The van der Waals surface area contributed by atoms with Gasteiger partial charge in [-0.25, -0.2) is 4.79 Å². The van der Waals surface area contributed by atoms with Crippen LogP contribution in [0.2, 0.25) is 0 Å². The zero-order chi connectivity index (χ0) is 29.2. The lowest BCUT2D eigenvalue weighted by Crippen LogP contribution is -2.32. The van der Waals surface area contributed by atoms with Gasteiger partial charge in [0.25, 0.3) is 0 Å². The van der Waals surface area contributed by atoms with Gasteiger partial charge in [0.15, 0.2) is 5.78 Å². The van der Waals surface area contributed by atoms with Gasteiger partial charge in [-0.05, 0) is 54.3 Å². The number of nitrogens with one attached hydrogen (secondary N) is 1. The van der Waals surface area contributed by atoms with Crippen molar-refractivity contribution in [2.75, 3.05) is 29.9 Å². The van der Waals surface area contributed by atoms with E-state index in [0.29, 0.717) is 29.3 Å². The average Bonchev–Trinajstić information content (AvgIpc) is 2.97. The Balaban J connectivity index is 1.38. The highest BCUT2D eigenvalue weighted by molar-refractivity contribution is 6.12. The summed E-state index contributed by atoms with van der Waals surface area (Å²) in [4.78, 5) is 27.6. The molecule has 0 bridgehead atoms. The van der Waals surface area contributed by atoms with Crippen LogP contribution in [-0.2, 0) is 11.2 Å². The van der Waals surface area contributed by atoms with Crippen LogP contribution in [0.1, 0.15) is 40.9 Å². The smallest absolute Gasteiger partial charge is 0.326 e. The van der Waals surface area contributed by atoms with Crippen molar-refractivity contribution in [2.24, 2.45) is 5.92 Å². The first kappa shape index (κ1) is 29.4. The van der Waals surface area contributed by atoms with Gasteiger partial charge in [0.2, 0.25) is 0 Å². The number of carboxylic acid groups (broad SMARTS) is 1. The number of carbonyl (C=O) groups excluding carboxylic acids is 1. The monoisotopic (exact) mass is 550 g/mol. The second kappa shape index (κ2) is 14.2. The number of benzene rings is 4. The minimum Gasteiger partial charge on any atom is -0.492 e. The predicted molar refractivity (Wildman–Crippen MR) is 165 cm³/mol. The van der Waals surface area contributed by atoms with Gasteiger partial charge in [0.1, 0.15) is 18.4 Å². The standard InChI is InChI=1S/C35H38N2O4/c1-25(2)24-37(33-16-10-7-11-26(33)3)21-22-41-29-19-17-27(18-20-29)23-32(35(39)40)36-31-15-9-8-14-30(31)34(38)28-12-5-4-6-13-28/h4-20,25,32,36H,21-24H2,1-3H3,(H,39,40)/t32-/m0/s1. The number of ketones is 1. The lowest BCUT2D eigenvalue weighted by atomic mass is 10.00. The molecule has 0 aliphatic rings. The number of rotatable bonds is 14. The van der Waals surface area contributed by atoms with E-state index in [1.807, 2.05) is 42.5 Å². The average molecular weight is 551 g/mol. The van der Waals surface area contributed by atoms with Crippen LogP contribution >= 0.6 is 0 Å². The maximum absolute atomic E-state index is 13.1. The Hall–Kier alpha value is -4.58. The zero-order valence-corrected chi connectivity index (χ0v) is 23.9. The number of ether oxygens (including phenoxy) is 1. The molecule has 6 heteroatoms. The minimum atomic E-state index is -0.992. The number of para-hydroxylation sites is 2. The molecule has 212 valence electrons. The molecule has 41 heavy (non-hydrogen) atoms. The number of nitrogens with zero attached hydrogens (tertiary/aromatic N) is 1. The van der Waals surface area contributed by atoms with E-state index in [1.54, 1.807) is 36.4 Å². The van der Waals surface area contributed by atoms with Crippen molar-refractivity contribution in [2.45, 2.75) is 33.2 Å². The zero-order valence-electron chi connectivity index (χ0n) is 23.9. The second-order valence-electron chi connectivity index (χ2n) is 10.6. The van der Waals surface area contributed by atoms with Crippen molar-refractivity contribution in [3.63, 3.8) is 0 Å². The summed E-state index contributed by atoms with van der Waals surface area (Å²) in [6, 6.07) is 31.0. The van der Waals surface area contributed by atoms with Gasteiger partial charge < -0.3 is 20.1 Å². The van der Waals surface area contributed by atoms with Crippen molar-refractivity contribution >= 4 is 23.1 Å². The topological polar surface area (TPSA) is 78.9 Å². The molecule has 0 unspecified atom stereocenters. The van der Waals surface area contributed by atoms with Crippen molar-refractivity contribution in [1.29, 1.82) is 0 Å². The molecule has 0 heterocycles. The first-order valence-corrected chi connectivity index (χ1v) is 14.0. The van der Waals surface area contributed by atoms with E-state index in [4.69, 9.17) is 4.74 Å². The van der Waals surface area contributed by atoms with E-state index in [2.05, 4.69) is 55.3 Å². The van der Waals surface area contributed by atoms with Crippen LogP contribution in [0.4, 0.5) is 11.4 Å². The highest BCUT2D eigenvalue weighted by Crippen LogP contribution is 2.23. The van der Waals surface area contributed by atoms with Crippen molar-refractivity contribution in [3.8, 4) is 5.75 Å². The summed E-state index contributed by atoms with van der Waals surface area (Å²) < 4.78 is 6.06. The Morgan fingerprint density at radius 3 is 2.20 bits per heavy atom. The van der Waals surface area contributed by atoms with E-state index in [-0.39, 0.29) is 12.2 Å². The van der Waals surface area contributed by atoms with E-state index in [9.17, 15) is 14.7 Å². The fraction of sp³-hybridized carbons (Fsp3) is 0.257. The van der Waals surface area contributed by atoms with Crippen LogP contribution in [0.5, 0.6) is 5.75 Å². The Bertz CT molecular complexity index is 1430. The molecule has 6 nitrogen and oxygen atoms in total. The first-order chi connectivity index (χ1) is 19.8. The molecule has 0 aliphatic heterocycles. The SMILES string of the molecule is Cc1ccccc1N(CCOc1ccc(C[C@H](Nc2ccccc2C(=O)c2ccccc2)C(=O)O)cc1)CC(C)C. The van der Waals surface area contributed by atoms with Gasteiger partial charge in [-0.15, -0.1) is 0 Å². The van der Waals surface area contributed by atoms with Gasteiger partial charge >= 0.3 is 5.97 Å². The van der Waals surface area contributed by atoms with Gasteiger partial charge in [0, 0.05) is 35.5 Å². The molecule has 1 atom stereocenters. The van der Waals surface area contributed by atoms with E-state index >= 15 is 0 Å². The number of anilines is 2. The van der Waals surface area contributed by atoms with Crippen LogP contribution < -0.4 is 15.0 Å². The summed E-state index contributed by atoms with van der Waals surface area (Å²) in [5.74, 6) is 0.109. The van der Waals surface area contributed by atoms with E-state index in [0.717, 1.165) is 24.4 Å². The molecule has 0 fully saturated rings. The third kappa shape index (κ3) is 8.21. The number of aliphatic carboxylic acids is 1. The third-order valence-electron chi connectivity index (χ3n) is 6.87. The summed E-state index contributed by atoms with van der Waals surface area (Å²) in [5.41, 5.74) is 4.80. The van der Waals surface area contributed by atoms with Crippen molar-refractivity contribution in [1.82, 2.24) is 0 Å². The van der Waals surface area contributed by atoms with Crippen molar-refractivity contribution < 1.29 is 19.4 Å². The molecule has 0 spiro atoms. The molecule has 0 amide bonds. The van der Waals surface area contributed by atoms with Crippen LogP contribution in [0.3, 0.4) is 0 Å². The summed E-state index contributed by atoms with van der Waals surface area (Å²) in [5, 5.41) is 13.1. The Labute approximate surface area is 242 Å². The van der Waals surface area contributed by atoms with Crippen LogP contribution in [0.15, 0.2) is 103 Å². The van der Waals surface area contributed by atoms with E-state index in [1.165, 1.54) is 11.3 Å². The minimum absolute atomic E-state index is 0.159. The van der Waals surface area contributed by atoms with Gasteiger partial charge in [0.05, 0.1) is 6.54 Å². The molecule has 2 N–H and O–H groups in total. The summed E-state index contributed by atoms with van der Waals surface area (Å²) >= 11 is 0. The second-order valence-corrected chi connectivity index (χ2v) is 10.6. The highest BCUT2D eigenvalue weighted by atomic mass is 16.5. The van der Waals surface area contributed by atoms with E-state index < -0.39 is 12.0 Å². The fourth-order valence-electron chi connectivity index (χ4n) is 4.84. The first-order valence-electron chi connectivity index (χ1n) is 14.0. The molecule has 0 radical (unpaired) electrons. The molecule has 4 aromatic rings. The summed E-state index contributed by atoms with van der Waals surface area (Å²) in [6.07, 6.45) is 0.249. The largest absolute Gasteiger partial charge is 0.492 e. The summed E-state index contributed by atoms with van der Waals surface area (Å²) in [6.45, 7) is 8.79. The maximum Gasteiger partial charge on any atom is 0.326 e. The van der Waals surface area contributed by atoms with Gasteiger partial charge in [-0.3, -0.25) is 4.79 Å². The van der Waals surface area contributed by atoms with Crippen molar-refractivity contribution in [3.05, 3.63) is 125 Å². The normalized spacial score (nSPS) is 11.6. The molecule has 0 saturated heterocycles. The maximum atomic E-state index is 13.1. The number of carbonyl (C=O) groups is 2. The highest BCUT2D eigenvalue weighted by Gasteiger charge is 2.21. The van der Waals surface area contributed by atoms with Gasteiger partial charge in [-0.1, -0.05) is 86.6 Å². The number of carboxylic acids is 1. The molecule has 0 saturated carbocycles. The van der Waals surface area contributed by atoms with Crippen LogP contribution in [-0.4, -0.2) is 42.6 Å². The fourth-order valence-corrected chi connectivity index (χ4v) is 4.84. The lowest BCUT2D eigenvalue weighted by Gasteiger charge is -2.28. The molecular weight excluding hydrogens is 512 g/mol. The third-order valence-corrected chi connectivity index (χ3v) is 6.87.